The van der Waals surface area contributed by atoms with Crippen molar-refractivity contribution in [3.8, 4) is 0 Å². The molecule has 1 aromatic heterocycles. The van der Waals surface area contributed by atoms with E-state index in [-0.39, 0.29) is 5.91 Å². The second-order valence-corrected chi connectivity index (χ2v) is 4.85. The lowest BCUT2D eigenvalue weighted by Crippen LogP contribution is -2.36. The summed E-state index contributed by atoms with van der Waals surface area (Å²) in [6, 6.07) is 11.3. The number of nitrogens with two attached hydrogens (primary N) is 1. The van der Waals surface area contributed by atoms with Crippen LogP contribution in [0.4, 0.5) is 0 Å². The summed E-state index contributed by atoms with van der Waals surface area (Å²) < 4.78 is 0. The third kappa shape index (κ3) is 2.40. The molecule has 3 rings (SSSR count). The van der Waals surface area contributed by atoms with E-state index in [1.54, 1.807) is 0 Å². The smallest absolute Gasteiger partial charge is 0.254 e. The number of nitrogens with zero attached hydrogens (tertiary/aromatic N) is 3. The molecule has 20 heavy (non-hydrogen) atoms. The SMILES string of the molecule is NCc1cc2c(nn1)CCN(C(=O)c1ccccc1)C2. The number of benzene rings is 1. The largest absolute Gasteiger partial charge is 0.334 e. The molecule has 0 radical (unpaired) electrons. The van der Waals surface area contributed by atoms with E-state index in [0.717, 1.165) is 28.9 Å². The van der Waals surface area contributed by atoms with Crippen molar-refractivity contribution in [1.82, 2.24) is 15.1 Å². The Balaban J connectivity index is 1.83. The molecule has 0 fully saturated rings. The molecule has 0 bridgehead atoms. The molecule has 1 aliphatic heterocycles. The van der Waals surface area contributed by atoms with Crippen LogP contribution in [-0.2, 0) is 19.5 Å². The highest BCUT2D eigenvalue weighted by Gasteiger charge is 2.23. The summed E-state index contributed by atoms with van der Waals surface area (Å²) in [7, 11) is 0. The van der Waals surface area contributed by atoms with Gasteiger partial charge in [0.2, 0.25) is 0 Å². The molecule has 5 heteroatoms. The Kier molecular flexibility index (Phi) is 3.43. The maximum Gasteiger partial charge on any atom is 0.254 e. The van der Waals surface area contributed by atoms with Gasteiger partial charge in [0.05, 0.1) is 11.4 Å². The molecule has 2 aromatic rings. The zero-order valence-corrected chi connectivity index (χ0v) is 11.1. The van der Waals surface area contributed by atoms with Gasteiger partial charge in [-0.3, -0.25) is 4.79 Å². The van der Waals surface area contributed by atoms with Crippen molar-refractivity contribution >= 4 is 5.91 Å². The van der Waals surface area contributed by atoms with Gasteiger partial charge in [-0.05, 0) is 23.8 Å². The monoisotopic (exact) mass is 268 g/mol. The van der Waals surface area contributed by atoms with Crippen LogP contribution in [-0.4, -0.2) is 27.5 Å². The first-order chi connectivity index (χ1) is 9.78. The van der Waals surface area contributed by atoms with Gasteiger partial charge in [0, 0.05) is 31.6 Å². The average Bonchev–Trinajstić information content (AvgIpc) is 2.54. The van der Waals surface area contributed by atoms with E-state index >= 15 is 0 Å². The van der Waals surface area contributed by atoms with Gasteiger partial charge in [0.15, 0.2) is 0 Å². The molecule has 0 aliphatic carbocycles. The van der Waals surface area contributed by atoms with Crippen LogP contribution in [0.1, 0.15) is 27.3 Å². The second kappa shape index (κ2) is 5.38. The third-order valence-corrected chi connectivity index (χ3v) is 3.51. The number of fused-ring (bicyclic) bond motifs is 1. The molecule has 1 aromatic carbocycles. The molecular weight excluding hydrogens is 252 g/mol. The van der Waals surface area contributed by atoms with Crippen molar-refractivity contribution < 1.29 is 4.79 Å². The predicted octanol–water partition coefficient (Wildman–Crippen LogP) is 1.13. The fourth-order valence-electron chi connectivity index (χ4n) is 2.41. The number of carbonyl (C=O) groups excluding carboxylic acids is 1. The number of amides is 1. The van der Waals surface area contributed by atoms with E-state index in [1.807, 2.05) is 41.3 Å². The van der Waals surface area contributed by atoms with E-state index in [2.05, 4.69) is 10.2 Å². The van der Waals surface area contributed by atoms with Gasteiger partial charge < -0.3 is 10.6 Å². The number of carbonyl (C=O) groups is 1. The van der Waals surface area contributed by atoms with Gasteiger partial charge in [-0.2, -0.15) is 10.2 Å². The fraction of sp³-hybridized carbons (Fsp3) is 0.267. The van der Waals surface area contributed by atoms with E-state index in [9.17, 15) is 4.79 Å². The predicted molar refractivity (Wildman–Crippen MR) is 74.8 cm³/mol. The maximum absolute atomic E-state index is 12.4. The Morgan fingerprint density at radius 3 is 2.80 bits per heavy atom. The molecule has 0 spiro atoms. The number of rotatable bonds is 2. The third-order valence-electron chi connectivity index (χ3n) is 3.51. The molecule has 5 nitrogen and oxygen atoms in total. The fourth-order valence-corrected chi connectivity index (χ4v) is 2.41. The zero-order chi connectivity index (χ0) is 13.9. The van der Waals surface area contributed by atoms with E-state index < -0.39 is 0 Å². The van der Waals surface area contributed by atoms with Gasteiger partial charge >= 0.3 is 0 Å². The molecule has 102 valence electrons. The minimum absolute atomic E-state index is 0.0577. The van der Waals surface area contributed by atoms with Crippen molar-refractivity contribution in [2.24, 2.45) is 5.73 Å². The lowest BCUT2D eigenvalue weighted by Gasteiger charge is -2.28. The molecule has 1 aliphatic rings. The Morgan fingerprint density at radius 2 is 2.05 bits per heavy atom. The van der Waals surface area contributed by atoms with Crippen LogP contribution in [0, 0.1) is 0 Å². The van der Waals surface area contributed by atoms with E-state index in [0.29, 0.717) is 19.6 Å². The van der Waals surface area contributed by atoms with Crippen LogP contribution in [0.25, 0.3) is 0 Å². The van der Waals surface area contributed by atoms with Crippen LogP contribution >= 0.6 is 0 Å². The number of hydrogen-bond donors (Lipinski definition) is 1. The number of hydrogen-bond acceptors (Lipinski definition) is 4. The van der Waals surface area contributed by atoms with E-state index in [1.165, 1.54) is 0 Å². The minimum Gasteiger partial charge on any atom is -0.334 e. The quantitative estimate of drug-likeness (QED) is 0.886. The molecule has 0 atom stereocenters. The first-order valence-corrected chi connectivity index (χ1v) is 6.66. The molecule has 0 saturated heterocycles. The van der Waals surface area contributed by atoms with Crippen molar-refractivity contribution in [3.05, 3.63) is 58.9 Å². The van der Waals surface area contributed by atoms with Crippen LogP contribution in [0.2, 0.25) is 0 Å². The Labute approximate surface area is 117 Å². The van der Waals surface area contributed by atoms with E-state index in [4.69, 9.17) is 5.73 Å². The average molecular weight is 268 g/mol. The minimum atomic E-state index is 0.0577. The summed E-state index contributed by atoms with van der Waals surface area (Å²) in [4.78, 5) is 14.3. The van der Waals surface area contributed by atoms with Crippen LogP contribution in [0.15, 0.2) is 36.4 Å². The first-order valence-electron chi connectivity index (χ1n) is 6.66. The molecule has 0 saturated carbocycles. The highest BCUT2D eigenvalue weighted by atomic mass is 16.2. The van der Waals surface area contributed by atoms with Crippen molar-refractivity contribution in [2.75, 3.05) is 6.54 Å². The van der Waals surface area contributed by atoms with Crippen LogP contribution in [0.5, 0.6) is 0 Å². The molecular formula is C15H16N4O. The Hall–Kier alpha value is -2.27. The van der Waals surface area contributed by atoms with Crippen molar-refractivity contribution in [2.45, 2.75) is 19.5 Å². The summed E-state index contributed by atoms with van der Waals surface area (Å²) in [6.45, 7) is 1.62. The topological polar surface area (TPSA) is 72.1 Å². The number of aromatic nitrogens is 2. The molecule has 2 heterocycles. The zero-order valence-electron chi connectivity index (χ0n) is 11.1. The summed E-state index contributed by atoms with van der Waals surface area (Å²) in [5, 5.41) is 8.25. The molecule has 0 unspecified atom stereocenters. The van der Waals surface area contributed by atoms with Crippen LogP contribution < -0.4 is 5.73 Å². The summed E-state index contributed by atoms with van der Waals surface area (Å²) >= 11 is 0. The van der Waals surface area contributed by atoms with Gasteiger partial charge in [-0.15, -0.1) is 0 Å². The second-order valence-electron chi connectivity index (χ2n) is 4.85. The normalized spacial score (nSPS) is 13.9. The highest BCUT2D eigenvalue weighted by Crippen LogP contribution is 2.19. The van der Waals surface area contributed by atoms with Crippen molar-refractivity contribution in [3.63, 3.8) is 0 Å². The molecule has 2 N–H and O–H groups in total. The lowest BCUT2D eigenvalue weighted by molar-refractivity contribution is 0.0733. The maximum atomic E-state index is 12.4. The molecule has 1 amide bonds. The Bertz CT molecular complexity index is 627. The van der Waals surface area contributed by atoms with Crippen molar-refractivity contribution in [1.29, 1.82) is 0 Å². The first kappa shape index (κ1) is 12.7. The Morgan fingerprint density at radius 1 is 1.25 bits per heavy atom. The van der Waals surface area contributed by atoms with Gasteiger partial charge in [-0.25, -0.2) is 0 Å². The standard InChI is InChI=1S/C15H16N4O/c16-9-13-8-12-10-19(7-6-14(12)18-17-13)15(20)11-4-2-1-3-5-11/h1-5,8H,6-7,9-10,16H2. The summed E-state index contributed by atoms with van der Waals surface area (Å²) in [6.07, 6.45) is 0.742. The van der Waals surface area contributed by atoms with Gasteiger partial charge in [0.25, 0.3) is 5.91 Å². The summed E-state index contributed by atoms with van der Waals surface area (Å²) in [5.41, 5.74) is 9.09. The van der Waals surface area contributed by atoms with Gasteiger partial charge in [-0.1, -0.05) is 18.2 Å². The van der Waals surface area contributed by atoms with Crippen LogP contribution in [0.3, 0.4) is 0 Å². The summed E-state index contributed by atoms with van der Waals surface area (Å²) in [5.74, 6) is 0.0577. The lowest BCUT2D eigenvalue weighted by atomic mass is 10.0. The highest BCUT2D eigenvalue weighted by molar-refractivity contribution is 5.94. The van der Waals surface area contributed by atoms with Gasteiger partial charge in [0.1, 0.15) is 0 Å².